The van der Waals surface area contributed by atoms with Gasteiger partial charge in [-0.15, -0.1) is 6.58 Å². The first-order valence-electron chi connectivity index (χ1n) is 4.24. The van der Waals surface area contributed by atoms with Crippen molar-refractivity contribution < 1.29 is 0 Å². The van der Waals surface area contributed by atoms with Gasteiger partial charge >= 0.3 is 0 Å². The Labute approximate surface area is 79.2 Å². The third kappa shape index (κ3) is 4.62. The lowest BCUT2D eigenvalue weighted by Crippen LogP contribution is -2.18. The number of alkyl halides is 1. The summed E-state index contributed by atoms with van der Waals surface area (Å²) in [6.45, 7) is 10.6. The molecule has 0 aliphatic heterocycles. The standard InChI is InChI=1S/C10H19Br/c1-5-6-10(4,8-11)7-9(2)3/h2,5-8H2,1,3-4H3. The summed E-state index contributed by atoms with van der Waals surface area (Å²) in [5.74, 6) is 0. The van der Waals surface area contributed by atoms with E-state index in [1.807, 2.05) is 0 Å². The van der Waals surface area contributed by atoms with Crippen molar-refractivity contribution in [1.29, 1.82) is 0 Å². The number of allylic oxidation sites excluding steroid dienone is 1. The highest BCUT2D eigenvalue weighted by Crippen LogP contribution is 2.32. The molecule has 0 aromatic heterocycles. The highest BCUT2D eigenvalue weighted by Gasteiger charge is 2.21. The van der Waals surface area contributed by atoms with E-state index < -0.39 is 0 Å². The number of hydrogen-bond donors (Lipinski definition) is 0. The molecule has 0 amide bonds. The summed E-state index contributed by atoms with van der Waals surface area (Å²) >= 11 is 3.56. The lowest BCUT2D eigenvalue weighted by Gasteiger charge is -2.26. The maximum absolute atomic E-state index is 3.95. The fraction of sp³-hybridized carbons (Fsp3) is 0.800. The fourth-order valence-corrected chi connectivity index (χ4v) is 2.01. The van der Waals surface area contributed by atoms with Gasteiger partial charge in [0.05, 0.1) is 0 Å². The first-order chi connectivity index (χ1) is 5.04. The van der Waals surface area contributed by atoms with E-state index in [1.165, 1.54) is 18.4 Å². The molecule has 0 rings (SSSR count). The summed E-state index contributed by atoms with van der Waals surface area (Å²) in [4.78, 5) is 0. The van der Waals surface area contributed by atoms with Crippen LogP contribution < -0.4 is 0 Å². The number of hydrogen-bond acceptors (Lipinski definition) is 0. The monoisotopic (exact) mass is 218 g/mol. The number of rotatable bonds is 5. The maximum Gasteiger partial charge on any atom is 0.00883 e. The van der Waals surface area contributed by atoms with Gasteiger partial charge in [0.1, 0.15) is 0 Å². The molecule has 0 fully saturated rings. The fourth-order valence-electron chi connectivity index (χ4n) is 1.53. The highest BCUT2D eigenvalue weighted by atomic mass is 79.9. The Morgan fingerprint density at radius 2 is 2.09 bits per heavy atom. The minimum Gasteiger partial charge on any atom is -0.100 e. The summed E-state index contributed by atoms with van der Waals surface area (Å²) in [6, 6.07) is 0. The highest BCUT2D eigenvalue weighted by molar-refractivity contribution is 9.09. The van der Waals surface area contributed by atoms with Crippen molar-refractivity contribution in [2.45, 2.75) is 40.0 Å². The zero-order chi connectivity index (χ0) is 8.91. The van der Waals surface area contributed by atoms with Crippen LogP contribution in [-0.2, 0) is 0 Å². The molecule has 0 aromatic rings. The molecular weight excluding hydrogens is 200 g/mol. The average molecular weight is 219 g/mol. The summed E-state index contributed by atoms with van der Waals surface area (Å²) in [7, 11) is 0. The van der Waals surface area contributed by atoms with Crippen LogP contribution >= 0.6 is 15.9 Å². The number of halogens is 1. The quantitative estimate of drug-likeness (QED) is 0.481. The van der Waals surface area contributed by atoms with Crippen LogP contribution in [0.1, 0.15) is 40.0 Å². The Morgan fingerprint density at radius 1 is 1.55 bits per heavy atom. The van der Waals surface area contributed by atoms with Crippen molar-refractivity contribution in [2.75, 3.05) is 5.33 Å². The summed E-state index contributed by atoms with van der Waals surface area (Å²) < 4.78 is 0. The van der Waals surface area contributed by atoms with Crippen molar-refractivity contribution in [1.82, 2.24) is 0 Å². The lowest BCUT2D eigenvalue weighted by atomic mass is 9.82. The van der Waals surface area contributed by atoms with Crippen molar-refractivity contribution in [3.63, 3.8) is 0 Å². The van der Waals surface area contributed by atoms with Gasteiger partial charge in [0.25, 0.3) is 0 Å². The minimum atomic E-state index is 0.431. The van der Waals surface area contributed by atoms with Gasteiger partial charge in [0, 0.05) is 5.33 Å². The predicted octanol–water partition coefficient (Wildman–Crippen LogP) is 4.15. The molecule has 1 atom stereocenters. The third-order valence-corrected chi connectivity index (χ3v) is 3.26. The van der Waals surface area contributed by atoms with Gasteiger partial charge in [0.2, 0.25) is 0 Å². The van der Waals surface area contributed by atoms with Crippen LogP contribution in [0.3, 0.4) is 0 Å². The molecule has 1 unspecified atom stereocenters. The Kier molecular flexibility index (Phi) is 5.07. The van der Waals surface area contributed by atoms with E-state index in [0.29, 0.717) is 5.41 Å². The smallest absolute Gasteiger partial charge is 0.00883 e. The first kappa shape index (κ1) is 11.2. The molecule has 0 aromatic carbocycles. The zero-order valence-corrected chi connectivity index (χ0v) is 9.50. The molecule has 1 heteroatoms. The lowest BCUT2D eigenvalue weighted by molar-refractivity contribution is 0.340. The molecule has 0 N–H and O–H groups in total. The van der Waals surface area contributed by atoms with Gasteiger partial charge in [-0.3, -0.25) is 0 Å². The second-order valence-corrected chi connectivity index (χ2v) is 4.39. The Bertz CT molecular complexity index is 129. The molecular formula is C10H19Br. The van der Waals surface area contributed by atoms with E-state index >= 15 is 0 Å². The van der Waals surface area contributed by atoms with Gasteiger partial charge in [-0.25, -0.2) is 0 Å². The van der Waals surface area contributed by atoms with Crippen molar-refractivity contribution in [3.05, 3.63) is 12.2 Å². The SMILES string of the molecule is C=C(C)CC(C)(CBr)CCC. The molecule has 0 nitrogen and oxygen atoms in total. The van der Waals surface area contributed by atoms with Crippen LogP contribution in [0.2, 0.25) is 0 Å². The molecule has 0 spiro atoms. The molecule has 0 heterocycles. The molecule has 0 aliphatic carbocycles. The summed E-state index contributed by atoms with van der Waals surface area (Å²) in [5.41, 5.74) is 1.72. The van der Waals surface area contributed by atoms with Crippen molar-refractivity contribution >= 4 is 15.9 Å². The average Bonchev–Trinajstić information content (AvgIpc) is 1.87. The van der Waals surface area contributed by atoms with E-state index in [0.717, 1.165) is 11.8 Å². The van der Waals surface area contributed by atoms with Crippen LogP contribution in [-0.4, -0.2) is 5.33 Å². The normalized spacial score (nSPS) is 16.0. The van der Waals surface area contributed by atoms with Crippen molar-refractivity contribution in [2.24, 2.45) is 5.41 Å². The van der Waals surface area contributed by atoms with Gasteiger partial charge in [0.15, 0.2) is 0 Å². The molecule has 0 radical (unpaired) electrons. The van der Waals surface area contributed by atoms with Gasteiger partial charge in [-0.05, 0) is 25.2 Å². The molecule has 0 saturated carbocycles. The molecule has 0 aliphatic rings. The predicted molar refractivity (Wildman–Crippen MR) is 56.2 cm³/mol. The Morgan fingerprint density at radius 3 is 2.36 bits per heavy atom. The molecule has 66 valence electrons. The second kappa shape index (κ2) is 4.97. The van der Waals surface area contributed by atoms with Crippen molar-refractivity contribution in [3.8, 4) is 0 Å². The minimum absolute atomic E-state index is 0.431. The molecule has 11 heavy (non-hydrogen) atoms. The van der Waals surface area contributed by atoms with Gasteiger partial charge < -0.3 is 0 Å². The summed E-state index contributed by atoms with van der Waals surface area (Å²) in [5, 5.41) is 1.08. The van der Waals surface area contributed by atoms with Crippen LogP contribution in [0, 0.1) is 5.41 Å². The third-order valence-electron chi connectivity index (χ3n) is 1.90. The van der Waals surface area contributed by atoms with E-state index in [1.54, 1.807) is 0 Å². The van der Waals surface area contributed by atoms with Gasteiger partial charge in [-0.2, -0.15) is 0 Å². The van der Waals surface area contributed by atoms with E-state index in [9.17, 15) is 0 Å². The van der Waals surface area contributed by atoms with E-state index in [4.69, 9.17) is 0 Å². The second-order valence-electron chi connectivity index (χ2n) is 3.83. The largest absolute Gasteiger partial charge is 0.100 e. The van der Waals surface area contributed by atoms with Crippen LogP contribution in [0.5, 0.6) is 0 Å². The van der Waals surface area contributed by atoms with Crippen LogP contribution in [0.25, 0.3) is 0 Å². The summed E-state index contributed by atoms with van der Waals surface area (Å²) in [6.07, 6.45) is 3.69. The first-order valence-corrected chi connectivity index (χ1v) is 5.36. The topological polar surface area (TPSA) is 0 Å². The molecule has 0 bridgehead atoms. The maximum atomic E-state index is 3.95. The Balaban J connectivity index is 3.98. The Hall–Kier alpha value is 0.220. The van der Waals surface area contributed by atoms with Crippen LogP contribution in [0.4, 0.5) is 0 Å². The van der Waals surface area contributed by atoms with Gasteiger partial charge in [-0.1, -0.05) is 41.8 Å². The molecule has 0 saturated heterocycles. The van der Waals surface area contributed by atoms with E-state index in [-0.39, 0.29) is 0 Å². The van der Waals surface area contributed by atoms with Crippen LogP contribution in [0.15, 0.2) is 12.2 Å². The zero-order valence-electron chi connectivity index (χ0n) is 7.91. The van der Waals surface area contributed by atoms with E-state index in [2.05, 4.69) is 43.3 Å².